The minimum Gasteiger partial charge on any atom is -0.472 e. The zero-order valence-corrected chi connectivity index (χ0v) is 20.6. The number of aliphatic hydroxyl groups is 1. The maximum Gasteiger partial charge on any atom is 0.321 e. The van der Waals surface area contributed by atoms with Crippen LogP contribution in [-0.4, -0.2) is 70.7 Å². The summed E-state index contributed by atoms with van der Waals surface area (Å²) in [5, 5.41) is 12.7. The van der Waals surface area contributed by atoms with Gasteiger partial charge in [0, 0.05) is 31.4 Å². The van der Waals surface area contributed by atoms with E-state index in [9.17, 15) is 14.7 Å². The van der Waals surface area contributed by atoms with Crippen LogP contribution in [0.1, 0.15) is 49.0 Å². The number of hydrogen-bond acceptors (Lipinski definition) is 5. The van der Waals surface area contributed by atoms with Crippen LogP contribution < -0.4 is 10.1 Å². The molecule has 0 unspecified atom stereocenters. The lowest BCUT2D eigenvalue weighted by Gasteiger charge is -2.37. The lowest BCUT2D eigenvalue weighted by atomic mass is 9.99. The number of fused-ring (bicyclic) bond motifs is 1. The highest BCUT2D eigenvalue weighted by atomic mass is 16.5. The number of para-hydroxylation sites is 1. The second kappa shape index (κ2) is 10.9. The van der Waals surface area contributed by atoms with Gasteiger partial charge in [-0.15, -0.1) is 0 Å². The number of ether oxygens (including phenoxy) is 1. The van der Waals surface area contributed by atoms with Crippen LogP contribution in [0.5, 0.6) is 5.88 Å². The number of benzene rings is 1. The Morgan fingerprint density at radius 3 is 2.80 bits per heavy atom. The van der Waals surface area contributed by atoms with E-state index >= 15 is 0 Å². The number of nitrogens with one attached hydrogen (secondary N) is 1. The van der Waals surface area contributed by atoms with Crippen LogP contribution in [0.4, 0.5) is 10.5 Å². The van der Waals surface area contributed by atoms with Crippen LogP contribution in [0.15, 0.2) is 48.7 Å². The van der Waals surface area contributed by atoms with Gasteiger partial charge in [0.25, 0.3) is 5.91 Å². The molecule has 3 atom stereocenters. The van der Waals surface area contributed by atoms with Crippen molar-refractivity contribution in [1.82, 2.24) is 14.8 Å². The quantitative estimate of drug-likeness (QED) is 0.654. The number of likely N-dealkylation sites (N-methyl/N-ethyl adjacent to an activating group) is 1. The summed E-state index contributed by atoms with van der Waals surface area (Å²) in [6, 6.07) is 10.5. The third-order valence-electron chi connectivity index (χ3n) is 6.76. The van der Waals surface area contributed by atoms with Crippen molar-refractivity contribution in [2.75, 3.05) is 32.1 Å². The molecule has 2 aromatic rings. The van der Waals surface area contributed by atoms with Gasteiger partial charge in [0.2, 0.25) is 5.88 Å². The first-order valence-corrected chi connectivity index (χ1v) is 12.2. The van der Waals surface area contributed by atoms with Crippen molar-refractivity contribution in [2.24, 2.45) is 5.92 Å². The summed E-state index contributed by atoms with van der Waals surface area (Å²) in [6.07, 6.45) is 6.65. The average molecular weight is 479 g/mol. The number of anilines is 1. The lowest BCUT2D eigenvalue weighted by molar-refractivity contribution is 0.0356. The number of aromatic nitrogens is 1. The van der Waals surface area contributed by atoms with Gasteiger partial charge < -0.3 is 25.0 Å². The minimum absolute atomic E-state index is 0.105. The molecule has 186 valence electrons. The van der Waals surface area contributed by atoms with Crippen molar-refractivity contribution in [3.05, 3.63) is 59.8 Å². The van der Waals surface area contributed by atoms with Crippen LogP contribution >= 0.6 is 0 Å². The van der Waals surface area contributed by atoms with Crippen molar-refractivity contribution in [1.29, 1.82) is 0 Å². The molecule has 1 aromatic heterocycles. The summed E-state index contributed by atoms with van der Waals surface area (Å²) in [4.78, 5) is 34.2. The fourth-order valence-corrected chi connectivity index (χ4v) is 4.52. The van der Waals surface area contributed by atoms with Gasteiger partial charge in [-0.2, -0.15) is 0 Å². The predicted molar refractivity (Wildman–Crippen MR) is 135 cm³/mol. The van der Waals surface area contributed by atoms with Crippen molar-refractivity contribution in [3.8, 4) is 5.88 Å². The van der Waals surface area contributed by atoms with Gasteiger partial charge >= 0.3 is 6.03 Å². The molecule has 8 heteroatoms. The topological polar surface area (TPSA) is 95.0 Å². The predicted octanol–water partition coefficient (Wildman–Crippen LogP) is 4.03. The van der Waals surface area contributed by atoms with Crippen LogP contribution in [-0.2, 0) is 0 Å². The van der Waals surface area contributed by atoms with Crippen LogP contribution in [0.3, 0.4) is 0 Å². The molecule has 0 spiro atoms. The zero-order valence-electron chi connectivity index (χ0n) is 20.6. The summed E-state index contributed by atoms with van der Waals surface area (Å²) in [5.74, 6) is -0.0389. The number of nitrogens with zero attached hydrogens (tertiary/aromatic N) is 3. The molecular formula is C27H34N4O4. The van der Waals surface area contributed by atoms with Crippen LogP contribution in [0.25, 0.3) is 5.57 Å². The first-order valence-electron chi connectivity index (χ1n) is 12.2. The molecule has 0 saturated heterocycles. The van der Waals surface area contributed by atoms with Gasteiger partial charge in [-0.25, -0.2) is 9.78 Å². The minimum atomic E-state index is -0.397. The molecule has 35 heavy (non-hydrogen) atoms. The Hall–Kier alpha value is -3.39. The van der Waals surface area contributed by atoms with E-state index in [4.69, 9.17) is 4.74 Å². The molecule has 2 N–H and O–H groups in total. The highest BCUT2D eigenvalue weighted by Gasteiger charge is 2.35. The van der Waals surface area contributed by atoms with Crippen molar-refractivity contribution < 1.29 is 19.4 Å². The summed E-state index contributed by atoms with van der Waals surface area (Å²) < 4.78 is 6.31. The second-order valence-electron chi connectivity index (χ2n) is 9.50. The van der Waals surface area contributed by atoms with Gasteiger partial charge in [-0.05, 0) is 55.5 Å². The lowest BCUT2D eigenvalue weighted by Crippen LogP contribution is -2.50. The summed E-state index contributed by atoms with van der Waals surface area (Å²) in [5.41, 5.74) is 3.23. The molecule has 1 aliphatic carbocycles. The maximum atomic E-state index is 13.5. The Labute approximate surface area is 206 Å². The summed E-state index contributed by atoms with van der Waals surface area (Å²) >= 11 is 0. The first-order chi connectivity index (χ1) is 16.9. The Bertz CT molecular complexity index is 1090. The number of hydrogen-bond donors (Lipinski definition) is 2. The SMILES string of the molecule is C[C@@H]1CN([C@@H](C)CO)C(=O)c2cc(C3=CCCC3)cnc2O[C@@H]1CN(C)C(=O)Nc1ccccc1. The fourth-order valence-electron chi connectivity index (χ4n) is 4.52. The molecule has 3 amide bonds. The normalized spacial score (nSPS) is 20.7. The number of urea groups is 1. The van der Waals surface area contributed by atoms with Gasteiger partial charge in [-0.1, -0.05) is 31.2 Å². The number of allylic oxidation sites excluding steroid dienone is 2. The summed E-state index contributed by atoms with van der Waals surface area (Å²) in [7, 11) is 1.72. The third kappa shape index (κ3) is 5.65. The van der Waals surface area contributed by atoms with Crippen molar-refractivity contribution in [3.63, 3.8) is 0 Å². The summed E-state index contributed by atoms with van der Waals surface area (Å²) in [6.45, 7) is 4.38. The highest BCUT2D eigenvalue weighted by Crippen LogP contribution is 2.32. The number of pyridine rings is 1. The van der Waals surface area contributed by atoms with E-state index in [1.807, 2.05) is 50.2 Å². The van der Waals surface area contributed by atoms with E-state index in [-0.39, 0.29) is 36.4 Å². The van der Waals surface area contributed by atoms with Crippen molar-refractivity contribution in [2.45, 2.75) is 45.3 Å². The molecule has 1 aromatic carbocycles. The van der Waals surface area contributed by atoms with Crippen molar-refractivity contribution >= 4 is 23.2 Å². The number of carbonyl (C=O) groups is 2. The number of carbonyl (C=O) groups excluding carboxylic acids is 2. The Kier molecular flexibility index (Phi) is 7.70. The number of aliphatic hydroxyl groups excluding tert-OH is 1. The van der Waals surface area contributed by atoms with Crippen LogP contribution in [0.2, 0.25) is 0 Å². The van der Waals surface area contributed by atoms with Gasteiger partial charge in [0.05, 0.1) is 19.2 Å². The Morgan fingerprint density at radius 1 is 1.34 bits per heavy atom. The van der Waals surface area contributed by atoms with E-state index in [1.165, 1.54) is 5.57 Å². The molecule has 0 bridgehead atoms. The Balaban J connectivity index is 1.60. The molecular weight excluding hydrogens is 444 g/mol. The van der Waals surface area contributed by atoms with E-state index in [0.717, 1.165) is 24.8 Å². The van der Waals surface area contributed by atoms with E-state index in [0.29, 0.717) is 24.3 Å². The molecule has 4 rings (SSSR count). The average Bonchev–Trinajstić information content (AvgIpc) is 3.41. The number of amides is 3. The van der Waals surface area contributed by atoms with Crippen LogP contribution in [0, 0.1) is 5.92 Å². The molecule has 0 fully saturated rings. The number of rotatable bonds is 6. The van der Waals surface area contributed by atoms with E-state index in [1.54, 1.807) is 23.0 Å². The third-order valence-corrected chi connectivity index (χ3v) is 6.76. The molecule has 1 aliphatic heterocycles. The van der Waals surface area contributed by atoms with Gasteiger partial charge in [0.15, 0.2) is 0 Å². The monoisotopic (exact) mass is 478 g/mol. The second-order valence-corrected chi connectivity index (χ2v) is 9.50. The smallest absolute Gasteiger partial charge is 0.321 e. The van der Waals surface area contributed by atoms with Gasteiger partial charge in [0.1, 0.15) is 11.7 Å². The molecule has 2 aliphatic rings. The molecule has 2 heterocycles. The van der Waals surface area contributed by atoms with E-state index < -0.39 is 6.10 Å². The molecule has 8 nitrogen and oxygen atoms in total. The molecule has 0 saturated carbocycles. The largest absolute Gasteiger partial charge is 0.472 e. The zero-order chi connectivity index (χ0) is 24.9. The van der Waals surface area contributed by atoms with E-state index in [2.05, 4.69) is 16.4 Å². The fraction of sp³-hybridized carbons (Fsp3) is 0.444. The standard InChI is InChI=1S/C27H34N4O4/c1-18-15-31(19(2)17-32)26(33)23-13-21(20-9-7-8-10-20)14-28-25(23)35-24(18)16-30(3)27(34)29-22-11-5-4-6-12-22/h4-6,9,11-14,18-19,24,32H,7-8,10,15-17H2,1-3H3,(H,29,34)/t18-,19+,24-/m1/s1. The maximum absolute atomic E-state index is 13.5. The highest BCUT2D eigenvalue weighted by molar-refractivity contribution is 5.97. The van der Waals surface area contributed by atoms with Gasteiger partial charge in [-0.3, -0.25) is 4.79 Å². The molecule has 0 radical (unpaired) electrons. The Morgan fingerprint density at radius 2 is 2.11 bits per heavy atom. The first kappa shape index (κ1) is 24.7.